The zero-order chi connectivity index (χ0) is 20.6. The molecule has 0 atom stereocenters. The lowest BCUT2D eigenvalue weighted by molar-refractivity contribution is 0.0991. The minimum Gasteiger partial charge on any atom is -0.366 e. The molecule has 1 aliphatic carbocycles. The molecule has 2 aromatic carbocycles. The van der Waals surface area contributed by atoms with Gasteiger partial charge in [0, 0.05) is 11.1 Å². The average molecular weight is 391 g/mol. The van der Waals surface area contributed by atoms with Gasteiger partial charge in [0.15, 0.2) is 5.82 Å². The van der Waals surface area contributed by atoms with E-state index in [4.69, 9.17) is 17.2 Å². The SMILES string of the molecule is NCCC1(c2nnn[nH]2)c2ccc(C(N)=O)cc2CCc2cc(C(N)=O)ccc21. The fourth-order valence-electron chi connectivity index (χ4n) is 4.35. The van der Waals surface area contributed by atoms with Gasteiger partial charge in [0.1, 0.15) is 0 Å². The van der Waals surface area contributed by atoms with E-state index in [0.717, 1.165) is 22.3 Å². The van der Waals surface area contributed by atoms with Crippen molar-refractivity contribution in [1.29, 1.82) is 0 Å². The molecule has 0 fully saturated rings. The molecule has 0 radical (unpaired) electrons. The Bertz CT molecular complexity index is 1030. The molecule has 4 rings (SSSR count). The molecule has 1 aliphatic rings. The number of H-pyrrole nitrogens is 1. The number of nitrogens with zero attached hydrogens (tertiary/aromatic N) is 3. The molecule has 148 valence electrons. The first-order valence-corrected chi connectivity index (χ1v) is 9.28. The third-order valence-corrected chi connectivity index (χ3v) is 5.63. The molecule has 0 spiro atoms. The summed E-state index contributed by atoms with van der Waals surface area (Å²) in [7, 11) is 0. The highest BCUT2D eigenvalue weighted by Gasteiger charge is 2.43. The molecule has 9 heteroatoms. The Kier molecular flexibility index (Phi) is 4.59. The Morgan fingerprint density at radius 1 is 0.966 bits per heavy atom. The largest absolute Gasteiger partial charge is 0.366 e. The number of tetrazole rings is 1. The molecule has 0 saturated heterocycles. The maximum atomic E-state index is 11.7. The molecule has 2 amide bonds. The van der Waals surface area contributed by atoms with E-state index in [1.807, 2.05) is 24.3 Å². The number of aryl methyl sites for hydroxylation is 2. The second-order valence-corrected chi connectivity index (χ2v) is 7.17. The zero-order valence-corrected chi connectivity index (χ0v) is 15.7. The van der Waals surface area contributed by atoms with Crippen LogP contribution in [0.25, 0.3) is 0 Å². The summed E-state index contributed by atoms with van der Waals surface area (Å²) in [5.74, 6) is -0.432. The number of carbonyl (C=O) groups excluding carboxylic acids is 2. The van der Waals surface area contributed by atoms with Gasteiger partial charge in [0.2, 0.25) is 11.8 Å². The van der Waals surface area contributed by atoms with Crippen molar-refractivity contribution in [2.75, 3.05) is 6.54 Å². The summed E-state index contributed by atoms with van der Waals surface area (Å²) in [6.07, 6.45) is 1.83. The van der Waals surface area contributed by atoms with Gasteiger partial charge >= 0.3 is 0 Å². The molecule has 0 bridgehead atoms. The zero-order valence-electron chi connectivity index (χ0n) is 15.7. The summed E-state index contributed by atoms with van der Waals surface area (Å²) in [4.78, 5) is 23.5. The minimum absolute atomic E-state index is 0.370. The Morgan fingerprint density at radius 2 is 1.52 bits per heavy atom. The standard InChI is InChI=1S/C20H21N7O2/c21-8-7-20(19-24-26-27-25-19)15-5-3-13(17(22)28)9-11(15)1-2-12-10-14(18(23)29)4-6-16(12)20/h3-6,9-10H,1-2,7-8,21H2,(H2,22,28)(H2,23,29)(H,24,25,26,27). The molecule has 1 aromatic heterocycles. The van der Waals surface area contributed by atoms with E-state index in [9.17, 15) is 9.59 Å². The summed E-state index contributed by atoms with van der Waals surface area (Å²) >= 11 is 0. The summed E-state index contributed by atoms with van der Waals surface area (Å²) in [6, 6.07) is 10.8. The van der Waals surface area contributed by atoms with Crippen molar-refractivity contribution in [2.24, 2.45) is 17.2 Å². The third-order valence-electron chi connectivity index (χ3n) is 5.63. The van der Waals surface area contributed by atoms with Crippen LogP contribution in [0.4, 0.5) is 0 Å². The van der Waals surface area contributed by atoms with Gasteiger partial charge in [0.05, 0.1) is 5.41 Å². The summed E-state index contributed by atoms with van der Waals surface area (Å²) in [5.41, 5.74) is 21.0. The Hall–Kier alpha value is -3.59. The highest BCUT2D eigenvalue weighted by atomic mass is 16.1. The number of carbonyl (C=O) groups is 2. The van der Waals surface area contributed by atoms with Crippen LogP contribution in [0.15, 0.2) is 36.4 Å². The number of aromatic nitrogens is 4. The number of amides is 2. The molecule has 29 heavy (non-hydrogen) atoms. The van der Waals surface area contributed by atoms with E-state index < -0.39 is 17.2 Å². The molecule has 9 nitrogen and oxygen atoms in total. The molecule has 3 aromatic rings. The lowest BCUT2D eigenvalue weighted by Crippen LogP contribution is -2.35. The predicted molar refractivity (Wildman–Crippen MR) is 105 cm³/mol. The number of hydrogen-bond donors (Lipinski definition) is 4. The first-order valence-electron chi connectivity index (χ1n) is 9.28. The molecular formula is C20H21N7O2. The summed E-state index contributed by atoms with van der Waals surface area (Å²) in [5, 5.41) is 14.7. The monoisotopic (exact) mass is 391 g/mol. The number of aromatic amines is 1. The van der Waals surface area contributed by atoms with Crippen molar-refractivity contribution < 1.29 is 9.59 Å². The van der Waals surface area contributed by atoms with E-state index in [0.29, 0.717) is 42.8 Å². The van der Waals surface area contributed by atoms with Crippen molar-refractivity contribution in [3.8, 4) is 0 Å². The quantitative estimate of drug-likeness (QED) is 0.484. The van der Waals surface area contributed by atoms with Crippen LogP contribution in [0.1, 0.15) is 55.2 Å². The molecule has 0 aliphatic heterocycles. The maximum absolute atomic E-state index is 11.7. The van der Waals surface area contributed by atoms with E-state index in [1.54, 1.807) is 12.1 Å². The highest BCUT2D eigenvalue weighted by molar-refractivity contribution is 5.94. The first kappa shape index (κ1) is 18.8. The number of nitrogens with two attached hydrogens (primary N) is 3. The highest BCUT2D eigenvalue weighted by Crippen LogP contribution is 2.45. The van der Waals surface area contributed by atoms with Crippen LogP contribution in [0.5, 0.6) is 0 Å². The average Bonchev–Trinajstić information content (AvgIpc) is 3.21. The van der Waals surface area contributed by atoms with Crippen molar-refractivity contribution in [3.63, 3.8) is 0 Å². The van der Waals surface area contributed by atoms with Crippen LogP contribution in [0, 0.1) is 0 Å². The van der Waals surface area contributed by atoms with Crippen molar-refractivity contribution in [3.05, 3.63) is 75.6 Å². The number of nitrogens with one attached hydrogen (secondary N) is 1. The topological polar surface area (TPSA) is 167 Å². The Morgan fingerprint density at radius 3 is 1.93 bits per heavy atom. The molecule has 0 unspecified atom stereocenters. The Labute approximate surface area is 166 Å². The van der Waals surface area contributed by atoms with Crippen molar-refractivity contribution in [1.82, 2.24) is 20.6 Å². The van der Waals surface area contributed by atoms with Crippen LogP contribution in [-0.2, 0) is 18.3 Å². The molecule has 0 saturated carbocycles. The molecule has 7 N–H and O–H groups in total. The number of fused-ring (bicyclic) bond motifs is 2. The van der Waals surface area contributed by atoms with Gasteiger partial charge in [0.25, 0.3) is 0 Å². The number of hydrogen-bond acceptors (Lipinski definition) is 6. The maximum Gasteiger partial charge on any atom is 0.248 e. The van der Waals surface area contributed by atoms with Crippen molar-refractivity contribution in [2.45, 2.75) is 24.7 Å². The molecule has 1 heterocycles. The van der Waals surface area contributed by atoms with Gasteiger partial charge in [-0.05, 0) is 82.8 Å². The van der Waals surface area contributed by atoms with Gasteiger partial charge < -0.3 is 17.2 Å². The van der Waals surface area contributed by atoms with Gasteiger partial charge in [-0.15, -0.1) is 5.10 Å². The smallest absolute Gasteiger partial charge is 0.248 e. The van der Waals surface area contributed by atoms with E-state index in [1.165, 1.54) is 0 Å². The minimum atomic E-state index is -0.758. The number of benzene rings is 2. The van der Waals surface area contributed by atoms with Gasteiger partial charge in [-0.1, -0.05) is 12.1 Å². The van der Waals surface area contributed by atoms with E-state index in [2.05, 4.69) is 20.6 Å². The van der Waals surface area contributed by atoms with Crippen molar-refractivity contribution >= 4 is 11.8 Å². The predicted octanol–water partition coefficient (Wildman–Crippen LogP) is 0.179. The van der Waals surface area contributed by atoms with Gasteiger partial charge in [-0.3, -0.25) is 9.59 Å². The van der Waals surface area contributed by atoms with Crippen LogP contribution in [-0.4, -0.2) is 39.0 Å². The third kappa shape index (κ3) is 2.95. The lowest BCUT2D eigenvalue weighted by atomic mass is 9.69. The van der Waals surface area contributed by atoms with E-state index in [-0.39, 0.29) is 0 Å². The van der Waals surface area contributed by atoms with Gasteiger partial charge in [-0.25, -0.2) is 5.10 Å². The molecular weight excluding hydrogens is 370 g/mol. The fraction of sp³-hybridized carbons (Fsp3) is 0.250. The summed E-state index contributed by atoms with van der Waals surface area (Å²) in [6.45, 7) is 0.370. The lowest BCUT2D eigenvalue weighted by Gasteiger charge is -2.34. The second-order valence-electron chi connectivity index (χ2n) is 7.17. The van der Waals surface area contributed by atoms with E-state index >= 15 is 0 Å². The second kappa shape index (κ2) is 7.10. The van der Waals surface area contributed by atoms with Crippen LogP contribution in [0.2, 0.25) is 0 Å². The number of primary amides is 2. The Balaban J connectivity index is 2.05. The van der Waals surface area contributed by atoms with Crippen LogP contribution < -0.4 is 17.2 Å². The van der Waals surface area contributed by atoms with Crippen LogP contribution >= 0.6 is 0 Å². The fourth-order valence-corrected chi connectivity index (χ4v) is 4.35. The summed E-state index contributed by atoms with van der Waals surface area (Å²) < 4.78 is 0. The number of rotatable bonds is 5. The van der Waals surface area contributed by atoms with Gasteiger partial charge in [-0.2, -0.15) is 0 Å². The van der Waals surface area contributed by atoms with Crippen LogP contribution in [0.3, 0.4) is 0 Å². The first-order chi connectivity index (χ1) is 14.0. The normalized spacial score (nSPS) is 14.5.